The van der Waals surface area contributed by atoms with E-state index in [9.17, 15) is 0 Å². The first kappa shape index (κ1) is 12.2. The third-order valence-corrected chi connectivity index (χ3v) is 3.67. The van der Waals surface area contributed by atoms with Gasteiger partial charge < -0.3 is 4.98 Å². The first-order valence-corrected chi connectivity index (χ1v) is 6.65. The smallest absolute Gasteiger partial charge is 0.179 e. The Balaban J connectivity index is 2.15. The molecule has 0 fully saturated rings. The summed E-state index contributed by atoms with van der Waals surface area (Å²) in [4.78, 5) is 3.25. The van der Waals surface area contributed by atoms with E-state index < -0.39 is 0 Å². The van der Waals surface area contributed by atoms with Gasteiger partial charge in [-0.2, -0.15) is 5.10 Å². The van der Waals surface area contributed by atoms with E-state index in [0.29, 0.717) is 0 Å². The largest absolute Gasteiger partial charge is 0.328 e. The molecule has 0 aliphatic carbocycles. The lowest BCUT2D eigenvalue weighted by atomic mass is 10.1. The summed E-state index contributed by atoms with van der Waals surface area (Å²) < 4.78 is 4.72. The molecule has 0 saturated heterocycles. The van der Waals surface area contributed by atoms with Crippen LogP contribution >= 0.6 is 12.2 Å². The molecule has 0 spiro atoms. The SMILES string of the molecule is Cc1cccc(Cn2c(=S)[nH]c3c(C)nn(C)c32)c1. The molecule has 0 saturated carbocycles. The highest BCUT2D eigenvalue weighted by Gasteiger charge is 2.12. The van der Waals surface area contributed by atoms with Crippen molar-refractivity contribution < 1.29 is 0 Å². The summed E-state index contributed by atoms with van der Waals surface area (Å²) in [7, 11) is 1.95. The van der Waals surface area contributed by atoms with Crippen LogP contribution in [0, 0.1) is 18.6 Å². The van der Waals surface area contributed by atoms with E-state index in [2.05, 4.69) is 45.8 Å². The van der Waals surface area contributed by atoms with E-state index >= 15 is 0 Å². The molecule has 98 valence electrons. The molecule has 0 bridgehead atoms. The standard InChI is InChI=1S/C14H16N4S/c1-9-5-4-6-11(7-9)8-18-13-12(15-14(18)19)10(2)16-17(13)3/h4-7H,8H2,1-3H3,(H,15,19). The van der Waals surface area contributed by atoms with Gasteiger partial charge in [-0.05, 0) is 31.6 Å². The molecule has 0 amide bonds. The second kappa shape index (κ2) is 4.35. The highest BCUT2D eigenvalue weighted by Crippen LogP contribution is 2.18. The van der Waals surface area contributed by atoms with E-state index in [1.165, 1.54) is 11.1 Å². The quantitative estimate of drug-likeness (QED) is 0.728. The van der Waals surface area contributed by atoms with Crippen LogP contribution in [0.5, 0.6) is 0 Å². The average molecular weight is 272 g/mol. The third kappa shape index (κ3) is 2.00. The molecular formula is C14H16N4S. The Hall–Kier alpha value is -1.88. The van der Waals surface area contributed by atoms with E-state index in [1.807, 2.05) is 18.7 Å². The second-order valence-electron chi connectivity index (χ2n) is 4.91. The normalized spacial score (nSPS) is 11.3. The van der Waals surface area contributed by atoms with Gasteiger partial charge >= 0.3 is 0 Å². The van der Waals surface area contributed by atoms with Gasteiger partial charge in [0.1, 0.15) is 5.52 Å². The number of aryl methyl sites for hydroxylation is 3. The Morgan fingerprint density at radius 1 is 1.32 bits per heavy atom. The van der Waals surface area contributed by atoms with E-state index in [4.69, 9.17) is 12.2 Å². The summed E-state index contributed by atoms with van der Waals surface area (Å²) in [5.41, 5.74) is 5.56. The monoisotopic (exact) mass is 272 g/mol. The summed E-state index contributed by atoms with van der Waals surface area (Å²) in [6, 6.07) is 8.48. The number of fused-ring (bicyclic) bond motifs is 1. The number of rotatable bonds is 2. The van der Waals surface area contributed by atoms with Crippen molar-refractivity contribution in [3.8, 4) is 0 Å². The van der Waals surface area contributed by atoms with Crippen molar-refractivity contribution >= 4 is 23.4 Å². The molecule has 0 aliphatic heterocycles. The van der Waals surface area contributed by atoms with Crippen LogP contribution in [0.3, 0.4) is 0 Å². The molecule has 0 radical (unpaired) electrons. The molecule has 4 nitrogen and oxygen atoms in total. The van der Waals surface area contributed by atoms with Gasteiger partial charge in [0.05, 0.1) is 12.2 Å². The van der Waals surface area contributed by atoms with E-state index in [-0.39, 0.29) is 0 Å². The molecule has 1 N–H and O–H groups in total. The highest BCUT2D eigenvalue weighted by atomic mass is 32.1. The number of nitrogens with zero attached hydrogens (tertiary/aromatic N) is 3. The maximum atomic E-state index is 5.42. The van der Waals surface area contributed by atoms with Gasteiger partial charge in [-0.15, -0.1) is 0 Å². The van der Waals surface area contributed by atoms with Crippen LogP contribution in [0.4, 0.5) is 0 Å². The maximum Gasteiger partial charge on any atom is 0.179 e. The first-order valence-electron chi connectivity index (χ1n) is 6.24. The van der Waals surface area contributed by atoms with Crippen molar-refractivity contribution in [2.45, 2.75) is 20.4 Å². The molecule has 0 atom stereocenters. The van der Waals surface area contributed by atoms with Crippen LogP contribution in [0.25, 0.3) is 11.2 Å². The Morgan fingerprint density at radius 2 is 2.11 bits per heavy atom. The third-order valence-electron chi connectivity index (χ3n) is 3.35. The van der Waals surface area contributed by atoms with Crippen LogP contribution in [0.2, 0.25) is 0 Å². The Labute approximate surface area is 116 Å². The minimum atomic E-state index is 0.743. The lowest BCUT2D eigenvalue weighted by Crippen LogP contribution is -2.04. The summed E-state index contributed by atoms with van der Waals surface area (Å²) in [5, 5.41) is 4.43. The molecule has 0 aliphatic rings. The molecule has 1 aromatic carbocycles. The van der Waals surface area contributed by atoms with Gasteiger partial charge in [-0.1, -0.05) is 29.8 Å². The summed E-state index contributed by atoms with van der Waals surface area (Å²) in [6.07, 6.45) is 0. The number of nitrogens with one attached hydrogen (secondary N) is 1. The van der Waals surface area contributed by atoms with Crippen LogP contribution < -0.4 is 0 Å². The number of aromatic amines is 1. The number of aromatic nitrogens is 4. The van der Waals surface area contributed by atoms with Crippen molar-refractivity contribution in [3.63, 3.8) is 0 Å². The zero-order valence-electron chi connectivity index (χ0n) is 11.3. The van der Waals surface area contributed by atoms with Crippen LogP contribution in [-0.4, -0.2) is 19.3 Å². The number of benzene rings is 1. The fourth-order valence-corrected chi connectivity index (χ4v) is 2.77. The number of imidazole rings is 1. The zero-order chi connectivity index (χ0) is 13.6. The number of H-pyrrole nitrogens is 1. The molecule has 0 unspecified atom stereocenters. The molecule has 3 rings (SSSR count). The van der Waals surface area contributed by atoms with Crippen LogP contribution in [-0.2, 0) is 13.6 Å². The predicted molar refractivity (Wildman–Crippen MR) is 78.9 cm³/mol. The lowest BCUT2D eigenvalue weighted by molar-refractivity contribution is 0.715. The van der Waals surface area contributed by atoms with Crippen LogP contribution in [0.15, 0.2) is 24.3 Å². The lowest BCUT2D eigenvalue weighted by Gasteiger charge is -2.06. The molecule has 5 heteroatoms. The first-order chi connectivity index (χ1) is 9.06. The van der Waals surface area contributed by atoms with Gasteiger partial charge in [0, 0.05) is 7.05 Å². The Morgan fingerprint density at radius 3 is 2.84 bits per heavy atom. The summed E-state index contributed by atoms with van der Waals surface area (Å²) in [5.74, 6) is 0. The number of hydrogen-bond donors (Lipinski definition) is 1. The topological polar surface area (TPSA) is 38.5 Å². The molecule has 19 heavy (non-hydrogen) atoms. The van der Waals surface area contributed by atoms with Gasteiger partial charge in [-0.25, -0.2) is 0 Å². The fraction of sp³-hybridized carbons (Fsp3) is 0.286. The van der Waals surface area contributed by atoms with E-state index in [1.54, 1.807) is 0 Å². The predicted octanol–water partition coefficient (Wildman–Crippen LogP) is 3.10. The minimum absolute atomic E-state index is 0.743. The van der Waals surface area contributed by atoms with E-state index in [0.717, 1.165) is 28.2 Å². The second-order valence-corrected chi connectivity index (χ2v) is 5.30. The highest BCUT2D eigenvalue weighted by molar-refractivity contribution is 7.71. The Bertz CT molecular complexity index is 807. The van der Waals surface area contributed by atoms with Crippen LogP contribution in [0.1, 0.15) is 16.8 Å². The van der Waals surface area contributed by atoms with Crippen molar-refractivity contribution in [1.29, 1.82) is 0 Å². The van der Waals surface area contributed by atoms with Crippen molar-refractivity contribution in [3.05, 3.63) is 45.9 Å². The zero-order valence-corrected chi connectivity index (χ0v) is 12.1. The Kier molecular flexibility index (Phi) is 2.78. The average Bonchev–Trinajstić information content (AvgIpc) is 2.80. The van der Waals surface area contributed by atoms with Gasteiger partial charge in [-0.3, -0.25) is 9.25 Å². The van der Waals surface area contributed by atoms with Gasteiger partial charge in [0.2, 0.25) is 0 Å². The van der Waals surface area contributed by atoms with Gasteiger partial charge in [0.25, 0.3) is 0 Å². The van der Waals surface area contributed by atoms with Gasteiger partial charge in [0.15, 0.2) is 10.4 Å². The summed E-state index contributed by atoms with van der Waals surface area (Å²) >= 11 is 5.42. The number of hydrogen-bond acceptors (Lipinski definition) is 2. The van der Waals surface area contributed by atoms with Crippen molar-refractivity contribution in [2.24, 2.45) is 7.05 Å². The van der Waals surface area contributed by atoms with Crippen molar-refractivity contribution in [1.82, 2.24) is 19.3 Å². The minimum Gasteiger partial charge on any atom is -0.328 e. The molecule has 3 aromatic rings. The molecule has 2 aromatic heterocycles. The molecular weight excluding hydrogens is 256 g/mol. The summed E-state index contributed by atoms with van der Waals surface area (Å²) in [6.45, 7) is 4.85. The molecule has 2 heterocycles. The fourth-order valence-electron chi connectivity index (χ4n) is 2.51. The van der Waals surface area contributed by atoms with Crippen molar-refractivity contribution in [2.75, 3.05) is 0 Å². The maximum absolute atomic E-state index is 5.42.